The van der Waals surface area contributed by atoms with Gasteiger partial charge in [-0.3, -0.25) is 18.9 Å². The van der Waals surface area contributed by atoms with Crippen molar-refractivity contribution in [2.75, 3.05) is 34.0 Å². The summed E-state index contributed by atoms with van der Waals surface area (Å²) in [5, 5.41) is 8.85. The number of benzene rings is 3. The molecule has 1 aliphatic rings. The highest BCUT2D eigenvalue weighted by molar-refractivity contribution is 7.53. The fourth-order valence-electron chi connectivity index (χ4n) is 5.93. The lowest BCUT2D eigenvalue weighted by Crippen LogP contribution is -2.52. The van der Waals surface area contributed by atoms with E-state index in [1.165, 1.54) is 14.2 Å². The molecule has 1 saturated heterocycles. The van der Waals surface area contributed by atoms with Crippen molar-refractivity contribution in [3.05, 3.63) is 129 Å². The second-order valence-electron chi connectivity index (χ2n) is 11.2. The number of hydrogen-bond acceptors (Lipinski definition) is 11. The molecular formula is C34H37N2O13P. The molecule has 15 nitrogen and oxygen atoms in total. The first-order chi connectivity index (χ1) is 23.9. The van der Waals surface area contributed by atoms with Crippen molar-refractivity contribution >= 4 is 13.6 Å². The summed E-state index contributed by atoms with van der Waals surface area (Å²) < 4.78 is 48.1. The number of nitrogens with zero attached hydrogens (tertiary/aromatic N) is 1. The van der Waals surface area contributed by atoms with Crippen LogP contribution in [0, 0.1) is 0 Å². The van der Waals surface area contributed by atoms with Crippen molar-refractivity contribution in [3.8, 4) is 11.5 Å². The van der Waals surface area contributed by atoms with Crippen LogP contribution in [-0.4, -0.2) is 82.0 Å². The third-order valence-corrected chi connectivity index (χ3v) is 9.83. The zero-order valence-electron chi connectivity index (χ0n) is 27.3. The van der Waals surface area contributed by atoms with Crippen molar-refractivity contribution < 1.29 is 52.7 Å². The molecule has 3 aromatic carbocycles. The molecule has 50 heavy (non-hydrogen) atoms. The van der Waals surface area contributed by atoms with E-state index in [1.807, 2.05) is 4.98 Å². The lowest BCUT2D eigenvalue weighted by molar-refractivity contribution is -0.156. The first kappa shape index (κ1) is 36.7. The van der Waals surface area contributed by atoms with Gasteiger partial charge >= 0.3 is 19.3 Å². The van der Waals surface area contributed by atoms with E-state index in [2.05, 4.69) is 0 Å². The Labute approximate surface area is 286 Å². The molecule has 2 heterocycles. The van der Waals surface area contributed by atoms with Crippen LogP contribution in [0.1, 0.15) is 29.8 Å². The number of nitrogens with one attached hydrogen (secondary N) is 1. The van der Waals surface area contributed by atoms with E-state index < -0.39 is 67.4 Å². The Hall–Kier alpha value is -4.60. The van der Waals surface area contributed by atoms with E-state index >= 15 is 0 Å². The molecule has 1 fully saturated rings. The van der Waals surface area contributed by atoms with Crippen LogP contribution in [0.25, 0.3) is 0 Å². The summed E-state index contributed by atoms with van der Waals surface area (Å²) in [6, 6.07) is 23.9. The zero-order valence-corrected chi connectivity index (χ0v) is 28.2. The van der Waals surface area contributed by atoms with Gasteiger partial charge in [-0.2, -0.15) is 0 Å². The smallest absolute Gasteiger partial charge is 0.362 e. The molecule has 16 heteroatoms. The Balaban J connectivity index is 1.66. The Bertz CT molecular complexity index is 1880. The maximum absolute atomic E-state index is 13.3. The topological polar surface area (TPSA) is 205 Å². The number of hydrogen-bond donors (Lipinski definition) is 4. The summed E-state index contributed by atoms with van der Waals surface area (Å²) in [5.41, 5.74) is -1.57. The van der Waals surface area contributed by atoms with Gasteiger partial charge < -0.3 is 43.3 Å². The Morgan fingerprint density at radius 3 is 1.98 bits per heavy atom. The van der Waals surface area contributed by atoms with E-state index in [0.717, 1.165) is 16.8 Å². The molecule has 0 radical (unpaired) electrons. The maximum atomic E-state index is 13.3. The van der Waals surface area contributed by atoms with Gasteiger partial charge in [0.2, 0.25) is 5.34 Å². The van der Waals surface area contributed by atoms with Crippen molar-refractivity contribution in [3.63, 3.8) is 0 Å². The highest BCUT2D eigenvalue weighted by atomic mass is 31.2. The predicted molar refractivity (Wildman–Crippen MR) is 177 cm³/mol. The Morgan fingerprint density at radius 1 is 0.920 bits per heavy atom. The highest BCUT2D eigenvalue weighted by Gasteiger charge is 2.67. The molecular weight excluding hydrogens is 675 g/mol. The number of ether oxygens (including phenoxy) is 6. The molecule has 1 aromatic heterocycles. The molecule has 0 spiro atoms. The second-order valence-corrected chi connectivity index (χ2v) is 13.0. The second kappa shape index (κ2) is 15.1. The summed E-state index contributed by atoms with van der Waals surface area (Å²) in [5.74, 6) is 0.197. The number of rotatable bonds is 14. The first-order valence-corrected chi connectivity index (χ1v) is 17.0. The SMILES string of the molecule is CCOC(=O)CO[C@H]1[C@H](n2ccc(=O)[nH]c2=O)O[C@H](COC(c2ccccc2)(c2ccc(OC)cc2)c2ccc(OC)cc2)[C@]1(O)P(=O)(O)O. The minimum Gasteiger partial charge on any atom is -0.497 e. The summed E-state index contributed by atoms with van der Waals surface area (Å²) in [6.07, 6.45) is -4.68. The van der Waals surface area contributed by atoms with Crippen molar-refractivity contribution in [2.45, 2.75) is 36.3 Å². The molecule has 4 aromatic rings. The van der Waals surface area contributed by atoms with Crippen LogP contribution in [0.2, 0.25) is 0 Å². The van der Waals surface area contributed by atoms with E-state index in [9.17, 15) is 33.8 Å². The maximum Gasteiger partial charge on any atom is 0.362 e. The summed E-state index contributed by atoms with van der Waals surface area (Å²) >= 11 is 0. The Kier molecular flexibility index (Phi) is 11.1. The fourth-order valence-corrected chi connectivity index (χ4v) is 6.97. The summed E-state index contributed by atoms with van der Waals surface area (Å²) in [4.78, 5) is 60.5. The molecule has 4 N–H and O–H groups in total. The predicted octanol–water partition coefficient (Wildman–Crippen LogP) is 2.27. The van der Waals surface area contributed by atoms with Crippen molar-refractivity contribution in [1.29, 1.82) is 0 Å². The van der Waals surface area contributed by atoms with Gasteiger partial charge in [0.15, 0.2) is 6.23 Å². The quantitative estimate of drug-likeness (QED) is 0.0843. The van der Waals surface area contributed by atoms with E-state index in [-0.39, 0.29) is 6.61 Å². The summed E-state index contributed by atoms with van der Waals surface area (Å²) in [6.45, 7) is -0.0483. The van der Waals surface area contributed by atoms with E-state index in [4.69, 9.17) is 28.4 Å². The number of aromatic nitrogens is 2. The number of esters is 1. The molecule has 4 atom stereocenters. The number of carbonyl (C=O) groups excluding carboxylic acids is 1. The van der Waals surface area contributed by atoms with Crippen LogP contribution in [0.3, 0.4) is 0 Å². The molecule has 0 unspecified atom stereocenters. The number of carbonyl (C=O) groups is 1. The van der Waals surface area contributed by atoms with Gasteiger partial charge in [-0.15, -0.1) is 0 Å². The highest BCUT2D eigenvalue weighted by Crippen LogP contribution is 2.60. The van der Waals surface area contributed by atoms with Crippen molar-refractivity contribution in [2.24, 2.45) is 0 Å². The molecule has 266 valence electrons. The number of aromatic amines is 1. The monoisotopic (exact) mass is 712 g/mol. The standard InChI is InChI=1S/C34H37N2O13P/c1-4-46-29(38)21-47-30-31(36-19-18-28(37)35-32(36)39)49-27(34(30,40)50(41,42)43)20-48-33(22-8-6-5-7-9-22,23-10-14-25(44-2)15-11-23)24-12-16-26(45-3)17-13-24/h5-19,27,30-31,40H,4,20-21H2,1-3H3,(H,35,37,39)(H2,41,42,43)/t27-,30+,31-,34+/m1/s1. The van der Waals surface area contributed by atoms with Gasteiger partial charge in [-0.1, -0.05) is 54.6 Å². The van der Waals surface area contributed by atoms with Gasteiger partial charge in [0.05, 0.1) is 27.4 Å². The Morgan fingerprint density at radius 2 is 1.48 bits per heavy atom. The van der Waals surface area contributed by atoms with Gasteiger partial charge in [-0.25, -0.2) is 9.59 Å². The van der Waals surface area contributed by atoms with Crippen LogP contribution < -0.4 is 20.7 Å². The number of aliphatic hydroxyl groups is 1. The fraction of sp³-hybridized carbons (Fsp3) is 0.324. The van der Waals surface area contributed by atoms with E-state index in [0.29, 0.717) is 28.2 Å². The molecule has 0 saturated carbocycles. The lowest BCUT2D eigenvalue weighted by Gasteiger charge is -2.39. The van der Waals surface area contributed by atoms with Crippen LogP contribution in [0.15, 0.2) is 101 Å². The van der Waals surface area contributed by atoms with Crippen LogP contribution in [0.5, 0.6) is 11.5 Å². The first-order valence-electron chi connectivity index (χ1n) is 15.4. The van der Waals surface area contributed by atoms with E-state index in [1.54, 1.807) is 85.8 Å². The van der Waals surface area contributed by atoms with Crippen LogP contribution in [0.4, 0.5) is 0 Å². The average molecular weight is 713 g/mol. The van der Waals surface area contributed by atoms with Crippen LogP contribution >= 0.6 is 7.60 Å². The van der Waals surface area contributed by atoms with Gasteiger partial charge in [0.1, 0.15) is 35.9 Å². The van der Waals surface area contributed by atoms with Gasteiger partial charge in [0, 0.05) is 12.3 Å². The molecule has 0 aliphatic carbocycles. The number of H-pyrrole nitrogens is 1. The molecule has 5 rings (SSSR count). The van der Waals surface area contributed by atoms with Gasteiger partial charge in [0.25, 0.3) is 5.56 Å². The lowest BCUT2D eigenvalue weighted by atomic mass is 9.80. The molecule has 1 aliphatic heterocycles. The average Bonchev–Trinajstić information content (AvgIpc) is 3.40. The van der Waals surface area contributed by atoms with Crippen LogP contribution in [-0.2, 0) is 33.9 Å². The third-order valence-electron chi connectivity index (χ3n) is 8.36. The molecule has 0 amide bonds. The molecule has 0 bridgehead atoms. The third kappa shape index (κ3) is 7.02. The van der Waals surface area contributed by atoms with Crippen molar-refractivity contribution in [1.82, 2.24) is 9.55 Å². The largest absolute Gasteiger partial charge is 0.497 e. The minimum absolute atomic E-state index is 0.0241. The number of methoxy groups -OCH3 is 2. The normalized spacial score (nSPS) is 20.7. The zero-order chi connectivity index (χ0) is 36.1. The summed E-state index contributed by atoms with van der Waals surface area (Å²) in [7, 11) is -2.63. The minimum atomic E-state index is -5.66. The van der Waals surface area contributed by atoms with Gasteiger partial charge in [-0.05, 0) is 47.9 Å².